The zero-order valence-electron chi connectivity index (χ0n) is 18.7. The van der Waals surface area contributed by atoms with Crippen molar-refractivity contribution in [3.8, 4) is 23.2 Å². The lowest BCUT2D eigenvalue weighted by molar-refractivity contribution is -0.131. The van der Waals surface area contributed by atoms with Crippen LogP contribution in [0.5, 0.6) is 5.75 Å². The minimum absolute atomic E-state index is 0.0475. The fraction of sp³-hybridized carbons (Fsp3) is 0.364. The van der Waals surface area contributed by atoms with Crippen LogP contribution in [0.2, 0.25) is 0 Å². The summed E-state index contributed by atoms with van der Waals surface area (Å²) in [6.07, 6.45) is -0.339. The van der Waals surface area contributed by atoms with E-state index >= 15 is 0 Å². The van der Waals surface area contributed by atoms with Crippen LogP contribution in [0.4, 0.5) is 24.8 Å². The third kappa shape index (κ3) is 6.20. The Morgan fingerprint density at radius 1 is 1.36 bits per heavy atom. The summed E-state index contributed by atoms with van der Waals surface area (Å²) in [5.74, 6) is 0.515. The van der Waals surface area contributed by atoms with E-state index in [0.29, 0.717) is 24.2 Å². The fourth-order valence-electron chi connectivity index (χ4n) is 3.64. The monoisotopic (exact) mass is 612 g/mol. The van der Waals surface area contributed by atoms with E-state index in [1.54, 1.807) is 12.1 Å². The topological polar surface area (TPSA) is 122 Å². The third-order valence-corrected chi connectivity index (χ3v) is 6.02. The van der Waals surface area contributed by atoms with Gasteiger partial charge in [-0.15, -0.1) is 0 Å². The highest BCUT2D eigenvalue weighted by Crippen LogP contribution is 2.28. The first kappa shape index (κ1) is 25.6. The summed E-state index contributed by atoms with van der Waals surface area (Å²) in [5, 5.41) is 16.4. The van der Waals surface area contributed by atoms with Gasteiger partial charge in [0.1, 0.15) is 30.8 Å². The van der Waals surface area contributed by atoms with Gasteiger partial charge >= 0.3 is 0 Å². The Balaban J connectivity index is 1.46. The van der Waals surface area contributed by atoms with Crippen LogP contribution in [-0.4, -0.2) is 71.8 Å². The van der Waals surface area contributed by atoms with Crippen molar-refractivity contribution in [2.75, 3.05) is 22.8 Å². The van der Waals surface area contributed by atoms with Crippen molar-refractivity contribution in [3.63, 3.8) is 0 Å². The SMILES string of the molecule is N#Cc1cc(-c2ncnc(Nc3cnn(CC(F)F)c3)n2)ccc1O[C@H]1CCN(C(=O)CI)C[C@H]1F. The molecule has 14 heteroatoms. The Morgan fingerprint density at radius 3 is 2.92 bits per heavy atom. The molecule has 1 N–H and O–H groups in total. The van der Waals surface area contributed by atoms with E-state index in [0.717, 1.165) is 4.68 Å². The summed E-state index contributed by atoms with van der Waals surface area (Å²) in [6, 6.07) is 6.76. The summed E-state index contributed by atoms with van der Waals surface area (Å²) in [5.41, 5.74) is 1.09. The van der Waals surface area contributed by atoms with Crippen molar-refractivity contribution in [3.05, 3.63) is 42.5 Å². The third-order valence-electron chi connectivity index (χ3n) is 5.37. The standard InChI is InChI=1S/C22H20F3IN8O2/c23-16-10-33(20(35)6-26)4-3-18(16)36-17-2-1-13(5-14(17)7-27)21-28-12-29-22(32-21)31-15-8-30-34(9-15)11-19(24)25/h1-2,5,8-9,12,16,18-19H,3-4,6,10-11H2,(H,28,29,31,32)/t16-,18+/m1/s1. The number of aromatic nitrogens is 5. The van der Waals surface area contributed by atoms with Crippen LogP contribution in [0.15, 0.2) is 36.9 Å². The molecule has 0 unspecified atom stereocenters. The highest BCUT2D eigenvalue weighted by Gasteiger charge is 2.33. The van der Waals surface area contributed by atoms with E-state index in [-0.39, 0.29) is 40.0 Å². The lowest BCUT2D eigenvalue weighted by Crippen LogP contribution is -2.49. The zero-order valence-corrected chi connectivity index (χ0v) is 20.8. The Bertz CT molecular complexity index is 1270. The van der Waals surface area contributed by atoms with Crippen LogP contribution in [0, 0.1) is 11.3 Å². The molecular weight excluding hydrogens is 592 g/mol. The molecule has 1 amide bonds. The van der Waals surface area contributed by atoms with Gasteiger partial charge in [-0.25, -0.2) is 23.1 Å². The van der Waals surface area contributed by atoms with Crippen LogP contribution in [0.1, 0.15) is 12.0 Å². The minimum atomic E-state index is -2.53. The number of hydrogen-bond donors (Lipinski definition) is 1. The van der Waals surface area contributed by atoms with E-state index in [9.17, 15) is 23.2 Å². The first-order valence-electron chi connectivity index (χ1n) is 10.8. The van der Waals surface area contributed by atoms with E-state index in [4.69, 9.17) is 4.74 Å². The summed E-state index contributed by atoms with van der Waals surface area (Å²) < 4.78 is 46.9. The molecule has 36 heavy (non-hydrogen) atoms. The van der Waals surface area contributed by atoms with Gasteiger partial charge in [0, 0.05) is 24.7 Å². The first-order chi connectivity index (χ1) is 17.4. The molecule has 2 aromatic heterocycles. The molecule has 2 atom stereocenters. The van der Waals surface area contributed by atoms with Gasteiger partial charge < -0.3 is 15.0 Å². The molecule has 1 aliphatic rings. The number of anilines is 2. The highest BCUT2D eigenvalue weighted by molar-refractivity contribution is 14.1. The van der Waals surface area contributed by atoms with Crippen LogP contribution in [0.25, 0.3) is 11.4 Å². The van der Waals surface area contributed by atoms with Crippen LogP contribution in [0.3, 0.4) is 0 Å². The molecular formula is C22H20F3IN8O2. The summed E-state index contributed by atoms with van der Waals surface area (Å²) >= 11 is 1.95. The van der Waals surface area contributed by atoms with E-state index in [1.165, 1.54) is 29.7 Å². The number of nitrogens with zero attached hydrogens (tertiary/aromatic N) is 7. The molecule has 3 aromatic rings. The summed E-state index contributed by atoms with van der Waals surface area (Å²) in [7, 11) is 0. The number of piperidine rings is 1. The maximum Gasteiger partial charge on any atom is 0.257 e. The predicted octanol–water partition coefficient (Wildman–Crippen LogP) is 3.37. The lowest BCUT2D eigenvalue weighted by Gasteiger charge is -2.34. The number of likely N-dealkylation sites (tertiary alicyclic amines) is 1. The van der Waals surface area contributed by atoms with E-state index < -0.39 is 25.2 Å². The van der Waals surface area contributed by atoms with Gasteiger partial charge in [-0.1, -0.05) is 22.6 Å². The highest BCUT2D eigenvalue weighted by atomic mass is 127. The van der Waals surface area contributed by atoms with Crippen molar-refractivity contribution in [1.82, 2.24) is 29.6 Å². The molecule has 3 heterocycles. The van der Waals surface area contributed by atoms with Gasteiger partial charge in [0.2, 0.25) is 11.9 Å². The van der Waals surface area contributed by atoms with E-state index in [1.807, 2.05) is 28.7 Å². The Hall–Kier alpha value is -3.48. The molecule has 188 valence electrons. The van der Waals surface area contributed by atoms with Gasteiger partial charge in [-0.05, 0) is 18.2 Å². The van der Waals surface area contributed by atoms with Gasteiger partial charge in [0.05, 0.1) is 28.4 Å². The Kier molecular flexibility index (Phi) is 8.18. The van der Waals surface area contributed by atoms with E-state index in [2.05, 4.69) is 25.4 Å². The number of amides is 1. The van der Waals surface area contributed by atoms with Crippen molar-refractivity contribution >= 4 is 40.1 Å². The maximum absolute atomic E-state index is 14.7. The summed E-state index contributed by atoms with van der Waals surface area (Å²) in [4.78, 5) is 25.8. The molecule has 10 nitrogen and oxygen atoms in total. The molecule has 4 rings (SSSR count). The van der Waals surface area contributed by atoms with Gasteiger partial charge in [0.25, 0.3) is 6.43 Å². The number of carbonyl (C=O) groups is 1. The number of benzene rings is 1. The fourth-order valence-corrected chi connectivity index (χ4v) is 4.13. The number of nitrogens with one attached hydrogen (secondary N) is 1. The Morgan fingerprint density at radius 2 is 2.19 bits per heavy atom. The predicted molar refractivity (Wildman–Crippen MR) is 131 cm³/mol. The van der Waals surface area contributed by atoms with Crippen molar-refractivity contribution in [1.29, 1.82) is 5.26 Å². The molecule has 0 saturated carbocycles. The number of ether oxygens (including phenoxy) is 1. The molecule has 1 saturated heterocycles. The second kappa shape index (κ2) is 11.5. The van der Waals surface area contributed by atoms with Gasteiger partial charge in [-0.2, -0.15) is 15.3 Å². The normalized spacial score (nSPS) is 17.6. The minimum Gasteiger partial charge on any atom is -0.486 e. The van der Waals surface area contributed by atoms with Gasteiger partial charge in [0.15, 0.2) is 12.0 Å². The number of carbonyl (C=O) groups excluding carboxylic acids is 1. The molecule has 1 aromatic carbocycles. The van der Waals surface area contributed by atoms with Crippen LogP contribution in [-0.2, 0) is 11.3 Å². The zero-order chi connectivity index (χ0) is 25.7. The summed E-state index contributed by atoms with van der Waals surface area (Å²) in [6.45, 7) is -0.197. The average Bonchev–Trinajstić information content (AvgIpc) is 3.30. The molecule has 0 bridgehead atoms. The second-order valence-corrected chi connectivity index (χ2v) is 8.62. The van der Waals surface area contributed by atoms with Crippen LogP contribution < -0.4 is 10.1 Å². The maximum atomic E-state index is 14.7. The molecule has 1 fully saturated rings. The largest absolute Gasteiger partial charge is 0.486 e. The number of alkyl halides is 4. The Labute approximate surface area is 217 Å². The smallest absolute Gasteiger partial charge is 0.257 e. The van der Waals surface area contributed by atoms with Crippen molar-refractivity contribution in [2.24, 2.45) is 0 Å². The molecule has 0 radical (unpaired) electrons. The van der Waals surface area contributed by atoms with Gasteiger partial charge in [-0.3, -0.25) is 9.48 Å². The molecule has 0 aliphatic carbocycles. The molecule has 0 spiro atoms. The number of halogens is 4. The quantitative estimate of drug-likeness (QED) is 0.304. The molecule has 1 aliphatic heterocycles. The number of hydrogen-bond acceptors (Lipinski definition) is 8. The van der Waals surface area contributed by atoms with Crippen molar-refractivity contribution < 1.29 is 22.7 Å². The average molecular weight is 612 g/mol. The number of rotatable bonds is 8. The van der Waals surface area contributed by atoms with Crippen LogP contribution >= 0.6 is 22.6 Å². The van der Waals surface area contributed by atoms with Crippen molar-refractivity contribution in [2.45, 2.75) is 31.7 Å². The first-order valence-corrected chi connectivity index (χ1v) is 12.3. The number of nitriles is 1. The second-order valence-electron chi connectivity index (χ2n) is 7.86. The lowest BCUT2D eigenvalue weighted by atomic mass is 10.0.